The van der Waals surface area contributed by atoms with Crippen LogP contribution >= 0.6 is 0 Å². The number of aromatic nitrogens is 2. The second-order valence-corrected chi connectivity index (χ2v) is 11.7. The van der Waals surface area contributed by atoms with Gasteiger partial charge in [0, 0.05) is 47.6 Å². The van der Waals surface area contributed by atoms with E-state index >= 15 is 0 Å². The van der Waals surface area contributed by atoms with E-state index in [4.69, 9.17) is 0 Å². The van der Waals surface area contributed by atoms with Gasteiger partial charge in [0.15, 0.2) is 0 Å². The summed E-state index contributed by atoms with van der Waals surface area (Å²) in [5, 5.41) is 6.21. The first-order chi connectivity index (χ1) is 19.2. The van der Waals surface area contributed by atoms with Crippen molar-refractivity contribution in [2.75, 3.05) is 17.2 Å². The Morgan fingerprint density at radius 3 is 2.60 bits per heavy atom. The van der Waals surface area contributed by atoms with Gasteiger partial charge in [0.2, 0.25) is 11.5 Å². The van der Waals surface area contributed by atoms with Gasteiger partial charge in [-0.1, -0.05) is 50.2 Å². The number of benzene rings is 2. The van der Waals surface area contributed by atoms with E-state index in [-0.39, 0.29) is 22.8 Å². The fourth-order valence-corrected chi connectivity index (χ4v) is 6.70. The summed E-state index contributed by atoms with van der Waals surface area (Å²) in [5.41, 5.74) is 5.42. The highest BCUT2D eigenvalue weighted by Crippen LogP contribution is 2.47. The number of hydrogen-bond donors (Lipinski definition) is 3. The van der Waals surface area contributed by atoms with E-state index < -0.39 is 5.41 Å². The van der Waals surface area contributed by atoms with Gasteiger partial charge in [-0.3, -0.25) is 14.4 Å². The minimum atomic E-state index is -0.647. The zero-order valence-corrected chi connectivity index (χ0v) is 22.4. The monoisotopic (exact) mass is 531 g/mol. The number of nitrogens with one attached hydrogen (secondary N) is 3. The number of hydrogen-bond acceptors (Lipinski definition) is 5. The van der Waals surface area contributed by atoms with E-state index in [0.717, 1.165) is 27.9 Å². The van der Waals surface area contributed by atoms with Gasteiger partial charge in [0.1, 0.15) is 11.6 Å². The molecule has 3 aliphatic rings. The maximum Gasteiger partial charge on any atom is 0.254 e. The van der Waals surface area contributed by atoms with Crippen LogP contribution in [0.3, 0.4) is 0 Å². The lowest BCUT2D eigenvalue weighted by atomic mass is 9.78. The predicted molar refractivity (Wildman–Crippen MR) is 153 cm³/mol. The number of amides is 2. The van der Waals surface area contributed by atoms with Gasteiger partial charge in [0.25, 0.3) is 5.91 Å². The van der Waals surface area contributed by atoms with Crippen LogP contribution in [0.25, 0.3) is 0 Å². The minimum absolute atomic E-state index is 0.0223. The van der Waals surface area contributed by atoms with E-state index in [2.05, 4.69) is 46.6 Å². The number of carbonyl (C=O) groups excluding carboxylic acids is 2. The normalized spacial score (nSPS) is 20.1. The molecule has 2 aromatic heterocycles. The van der Waals surface area contributed by atoms with E-state index in [1.54, 1.807) is 12.3 Å². The van der Waals surface area contributed by atoms with Crippen LogP contribution in [-0.2, 0) is 35.0 Å². The first-order valence-electron chi connectivity index (χ1n) is 13.5. The Labute approximate surface area is 231 Å². The molecule has 2 aromatic carbocycles. The molecule has 1 unspecified atom stereocenters. The van der Waals surface area contributed by atoms with Crippen LogP contribution < -0.4 is 16.2 Å². The Morgan fingerprint density at radius 1 is 0.925 bits per heavy atom. The average molecular weight is 532 g/mol. The Hall–Kier alpha value is -4.72. The largest absolute Gasteiger partial charge is 0.342 e. The number of fused-ring (bicyclic) bond motifs is 4. The lowest BCUT2D eigenvalue weighted by Crippen LogP contribution is -2.45. The topological polar surface area (TPSA) is 107 Å². The third-order valence-electron chi connectivity index (χ3n) is 8.53. The van der Waals surface area contributed by atoms with Crippen molar-refractivity contribution >= 4 is 29.1 Å². The van der Waals surface area contributed by atoms with Crippen LogP contribution in [0.4, 0.5) is 17.3 Å². The van der Waals surface area contributed by atoms with Crippen LogP contribution in [-0.4, -0.2) is 33.2 Å². The molecule has 2 aliphatic heterocycles. The summed E-state index contributed by atoms with van der Waals surface area (Å²) in [6, 6.07) is 21.1. The molecule has 40 heavy (non-hydrogen) atoms. The fraction of sp³-hybridized carbons (Fsp3) is 0.250. The average Bonchev–Trinajstić information content (AvgIpc) is 3.44. The van der Waals surface area contributed by atoms with Crippen LogP contribution in [0.2, 0.25) is 0 Å². The van der Waals surface area contributed by atoms with E-state index in [1.807, 2.05) is 47.4 Å². The van der Waals surface area contributed by atoms with E-state index in [1.165, 1.54) is 11.6 Å². The van der Waals surface area contributed by atoms with Gasteiger partial charge >= 0.3 is 0 Å². The van der Waals surface area contributed by atoms with Crippen LogP contribution in [0, 0.1) is 0 Å². The Morgan fingerprint density at radius 2 is 1.73 bits per heavy atom. The highest BCUT2D eigenvalue weighted by molar-refractivity contribution is 6.06. The van der Waals surface area contributed by atoms with Crippen LogP contribution in [0.15, 0.2) is 77.7 Å². The third-order valence-corrected chi connectivity index (χ3v) is 8.53. The second kappa shape index (κ2) is 8.64. The smallest absolute Gasteiger partial charge is 0.254 e. The molecule has 3 N–H and O–H groups in total. The second-order valence-electron chi connectivity index (χ2n) is 11.7. The summed E-state index contributed by atoms with van der Waals surface area (Å²) < 4.78 is 0. The quantitative estimate of drug-likeness (QED) is 0.363. The Balaban J connectivity index is 1.14. The van der Waals surface area contributed by atoms with Crippen molar-refractivity contribution < 1.29 is 9.59 Å². The molecular formula is C32H29N5O3. The van der Waals surface area contributed by atoms with Crippen molar-refractivity contribution in [1.29, 1.82) is 0 Å². The summed E-state index contributed by atoms with van der Waals surface area (Å²) in [5.74, 6) is 0.879. The number of rotatable bonds is 3. The summed E-state index contributed by atoms with van der Waals surface area (Å²) in [6.07, 6.45) is 2.87. The summed E-state index contributed by atoms with van der Waals surface area (Å²) >= 11 is 0. The molecule has 4 aromatic rings. The van der Waals surface area contributed by atoms with Crippen molar-refractivity contribution in [2.24, 2.45) is 0 Å². The molecule has 1 atom stereocenters. The molecule has 0 bridgehead atoms. The van der Waals surface area contributed by atoms with Gasteiger partial charge < -0.3 is 20.5 Å². The zero-order chi connectivity index (χ0) is 27.6. The molecule has 1 spiro atoms. The van der Waals surface area contributed by atoms with Gasteiger partial charge in [-0.15, -0.1) is 0 Å². The molecule has 7 rings (SSSR count). The van der Waals surface area contributed by atoms with Gasteiger partial charge in [-0.05, 0) is 59.4 Å². The standard InChI is InChI=1S/C32H29N5O3/c1-31(2)18-37(17-20-6-3-4-7-24(20)31)29(39)21-13-26(35-27(38)14-21)34-23-10-9-19-15-32(16-22(19)12-23)25-8-5-11-33-28(25)36-30(32)40/h3-14H,15-18H2,1-2H3,(H,33,36,40)(H2,34,35,38). The summed E-state index contributed by atoms with van der Waals surface area (Å²) in [4.78, 5) is 48.2. The van der Waals surface area contributed by atoms with Gasteiger partial charge in [-0.25, -0.2) is 4.98 Å². The number of nitrogens with zero attached hydrogens (tertiary/aromatic N) is 2. The molecule has 8 nitrogen and oxygen atoms in total. The van der Waals surface area contributed by atoms with Gasteiger partial charge in [-0.2, -0.15) is 0 Å². The third kappa shape index (κ3) is 3.82. The SMILES string of the molecule is CC1(C)CN(C(=O)c2cc(Nc3ccc4c(c3)CC3(C4)C(=O)Nc4ncccc43)[nH]c(=O)c2)Cc2ccccc21. The van der Waals surface area contributed by atoms with Crippen LogP contribution in [0.5, 0.6) is 0 Å². The van der Waals surface area contributed by atoms with E-state index in [9.17, 15) is 14.4 Å². The molecule has 2 amide bonds. The number of pyridine rings is 2. The summed E-state index contributed by atoms with van der Waals surface area (Å²) in [7, 11) is 0. The highest BCUT2D eigenvalue weighted by atomic mass is 16.2. The molecule has 0 radical (unpaired) electrons. The van der Waals surface area contributed by atoms with Crippen molar-refractivity contribution in [1.82, 2.24) is 14.9 Å². The Bertz CT molecular complexity index is 1770. The number of H-pyrrole nitrogens is 1. The number of carbonyl (C=O) groups is 2. The zero-order valence-electron chi connectivity index (χ0n) is 22.4. The molecule has 200 valence electrons. The first kappa shape index (κ1) is 24.3. The van der Waals surface area contributed by atoms with Crippen LogP contribution in [0.1, 0.15) is 52.0 Å². The maximum atomic E-state index is 13.6. The molecule has 0 saturated heterocycles. The van der Waals surface area contributed by atoms with Crippen molar-refractivity contribution in [3.63, 3.8) is 0 Å². The predicted octanol–water partition coefficient (Wildman–Crippen LogP) is 4.44. The molecule has 0 saturated carbocycles. The molecule has 0 fully saturated rings. The number of aromatic amines is 1. The highest BCUT2D eigenvalue weighted by Gasteiger charge is 2.51. The van der Waals surface area contributed by atoms with Crippen molar-refractivity contribution in [3.05, 3.63) is 117 Å². The lowest BCUT2D eigenvalue weighted by Gasteiger charge is -2.40. The summed E-state index contributed by atoms with van der Waals surface area (Å²) in [6.45, 7) is 5.35. The maximum absolute atomic E-state index is 13.6. The Kier molecular flexibility index (Phi) is 5.26. The fourth-order valence-electron chi connectivity index (χ4n) is 6.70. The number of anilines is 3. The molecule has 8 heteroatoms. The first-order valence-corrected chi connectivity index (χ1v) is 13.5. The van der Waals surface area contributed by atoms with E-state index in [0.29, 0.717) is 43.1 Å². The van der Waals surface area contributed by atoms with Crippen molar-refractivity contribution in [2.45, 2.75) is 44.1 Å². The van der Waals surface area contributed by atoms with Gasteiger partial charge in [0.05, 0.1) is 5.41 Å². The molecular weight excluding hydrogens is 502 g/mol. The molecule has 4 heterocycles. The minimum Gasteiger partial charge on any atom is -0.342 e. The molecule has 1 aliphatic carbocycles. The lowest BCUT2D eigenvalue weighted by molar-refractivity contribution is -0.120. The van der Waals surface area contributed by atoms with Crippen molar-refractivity contribution in [3.8, 4) is 0 Å².